The first-order chi connectivity index (χ1) is 11.4. The van der Waals surface area contributed by atoms with Crippen molar-refractivity contribution >= 4 is 15.9 Å². The summed E-state index contributed by atoms with van der Waals surface area (Å²) in [6.07, 6.45) is 0.879. The summed E-state index contributed by atoms with van der Waals surface area (Å²) in [7, 11) is -2.24. The molecule has 0 radical (unpaired) electrons. The molecule has 0 spiro atoms. The standard InChI is InChI=1S/C15H17N3O5S/c1-18-8-11(6-12(18)15(16)19)24(20,21)17-7-10-9-22-13-4-2-3-5-14(13)23-10/h2-6,8,10,17H,7,9H2,1H3,(H2,16,19). The van der Waals surface area contributed by atoms with Crippen molar-refractivity contribution in [3.8, 4) is 11.5 Å². The van der Waals surface area contributed by atoms with E-state index in [-0.39, 0.29) is 23.7 Å². The average Bonchev–Trinajstić information content (AvgIpc) is 2.96. The van der Waals surface area contributed by atoms with E-state index >= 15 is 0 Å². The number of carbonyl (C=O) groups is 1. The van der Waals surface area contributed by atoms with Crippen molar-refractivity contribution < 1.29 is 22.7 Å². The lowest BCUT2D eigenvalue weighted by atomic mass is 10.2. The molecule has 3 N–H and O–H groups in total. The lowest BCUT2D eigenvalue weighted by Gasteiger charge is -2.26. The monoisotopic (exact) mass is 351 g/mol. The molecule has 0 saturated heterocycles. The summed E-state index contributed by atoms with van der Waals surface area (Å²) in [5, 5.41) is 0. The smallest absolute Gasteiger partial charge is 0.265 e. The maximum atomic E-state index is 12.3. The molecule has 0 bridgehead atoms. The van der Waals surface area contributed by atoms with Crippen LogP contribution in [-0.2, 0) is 17.1 Å². The Labute approximate surface area is 139 Å². The van der Waals surface area contributed by atoms with Crippen LogP contribution in [0.3, 0.4) is 0 Å². The lowest BCUT2D eigenvalue weighted by molar-refractivity contribution is 0.0943. The number of aromatic nitrogens is 1. The molecule has 8 nitrogen and oxygen atoms in total. The summed E-state index contributed by atoms with van der Waals surface area (Å²) in [4.78, 5) is 11.2. The quantitative estimate of drug-likeness (QED) is 0.801. The normalized spacial score (nSPS) is 16.8. The van der Waals surface area contributed by atoms with Gasteiger partial charge in [-0.25, -0.2) is 13.1 Å². The van der Waals surface area contributed by atoms with Gasteiger partial charge in [-0.3, -0.25) is 4.79 Å². The van der Waals surface area contributed by atoms with Crippen LogP contribution in [0, 0.1) is 0 Å². The first kappa shape index (κ1) is 16.3. The molecule has 1 unspecified atom stereocenters. The van der Waals surface area contributed by atoms with E-state index in [1.54, 1.807) is 19.2 Å². The molecule has 1 aliphatic rings. The molecule has 2 heterocycles. The Bertz CT molecular complexity index is 875. The molecule has 1 aliphatic heterocycles. The number of benzene rings is 1. The summed E-state index contributed by atoms with van der Waals surface area (Å²) in [6, 6.07) is 8.41. The van der Waals surface area contributed by atoms with Crippen LogP contribution >= 0.6 is 0 Å². The fraction of sp³-hybridized carbons (Fsp3) is 0.267. The van der Waals surface area contributed by atoms with E-state index in [0.29, 0.717) is 11.5 Å². The van der Waals surface area contributed by atoms with Crippen LogP contribution < -0.4 is 19.9 Å². The number of primary amides is 1. The van der Waals surface area contributed by atoms with Gasteiger partial charge >= 0.3 is 0 Å². The summed E-state index contributed by atoms with van der Waals surface area (Å²) >= 11 is 0. The van der Waals surface area contributed by atoms with Gasteiger partial charge in [0.2, 0.25) is 10.0 Å². The van der Waals surface area contributed by atoms with Crippen LogP contribution in [0.2, 0.25) is 0 Å². The Balaban J connectivity index is 1.68. The third kappa shape index (κ3) is 3.22. The maximum absolute atomic E-state index is 12.3. The first-order valence-electron chi connectivity index (χ1n) is 7.21. The highest BCUT2D eigenvalue weighted by Crippen LogP contribution is 2.30. The van der Waals surface area contributed by atoms with Crippen molar-refractivity contribution in [1.29, 1.82) is 0 Å². The van der Waals surface area contributed by atoms with E-state index in [1.807, 2.05) is 12.1 Å². The number of carbonyl (C=O) groups excluding carboxylic acids is 1. The Morgan fingerprint density at radius 1 is 1.38 bits per heavy atom. The highest BCUT2D eigenvalue weighted by Gasteiger charge is 2.24. The van der Waals surface area contributed by atoms with Crippen molar-refractivity contribution in [2.24, 2.45) is 12.8 Å². The Morgan fingerprint density at radius 3 is 2.75 bits per heavy atom. The number of hydrogen-bond donors (Lipinski definition) is 2. The van der Waals surface area contributed by atoms with Crippen LogP contribution in [-0.4, -0.2) is 38.1 Å². The summed E-state index contributed by atoms with van der Waals surface area (Å²) < 4.78 is 39.7. The van der Waals surface area contributed by atoms with Crippen LogP contribution in [0.1, 0.15) is 10.5 Å². The van der Waals surface area contributed by atoms with Gasteiger partial charge < -0.3 is 19.8 Å². The topological polar surface area (TPSA) is 113 Å². The molecular weight excluding hydrogens is 334 g/mol. The molecule has 3 rings (SSSR count). The second kappa shape index (κ2) is 6.17. The number of amides is 1. The Kier molecular flexibility index (Phi) is 4.20. The van der Waals surface area contributed by atoms with Crippen LogP contribution in [0.4, 0.5) is 0 Å². The van der Waals surface area contributed by atoms with Crippen LogP contribution in [0.5, 0.6) is 11.5 Å². The minimum atomic E-state index is -3.79. The van der Waals surface area contributed by atoms with Gasteiger partial charge in [0.15, 0.2) is 11.5 Å². The van der Waals surface area contributed by atoms with E-state index in [9.17, 15) is 13.2 Å². The van der Waals surface area contributed by atoms with Gasteiger partial charge in [0.05, 0.1) is 6.54 Å². The number of rotatable bonds is 5. The molecular formula is C15H17N3O5S. The molecule has 24 heavy (non-hydrogen) atoms. The van der Waals surface area contributed by atoms with Gasteiger partial charge in [-0.2, -0.15) is 0 Å². The Hall–Kier alpha value is -2.52. The molecule has 0 fully saturated rings. The van der Waals surface area contributed by atoms with Gasteiger partial charge in [-0.15, -0.1) is 0 Å². The molecule has 128 valence electrons. The largest absolute Gasteiger partial charge is 0.486 e. The number of sulfonamides is 1. The van der Waals surface area contributed by atoms with Gasteiger partial charge in [-0.05, 0) is 18.2 Å². The minimum Gasteiger partial charge on any atom is -0.486 e. The molecule has 1 aromatic heterocycles. The fourth-order valence-electron chi connectivity index (χ4n) is 2.38. The number of nitrogens with two attached hydrogens (primary N) is 1. The van der Waals surface area contributed by atoms with Gasteiger partial charge in [0.1, 0.15) is 23.3 Å². The molecule has 1 atom stereocenters. The molecule has 1 aromatic carbocycles. The zero-order chi connectivity index (χ0) is 17.3. The number of nitrogens with one attached hydrogen (secondary N) is 1. The second-order valence-corrected chi connectivity index (χ2v) is 7.15. The third-order valence-electron chi connectivity index (χ3n) is 3.61. The summed E-state index contributed by atoms with van der Waals surface area (Å²) in [5.74, 6) is 0.508. The number of ether oxygens (including phenoxy) is 2. The number of fused-ring (bicyclic) bond motifs is 1. The minimum absolute atomic E-state index is 0.0315. The Morgan fingerprint density at radius 2 is 2.08 bits per heavy atom. The number of aryl methyl sites for hydroxylation is 1. The van der Waals surface area contributed by atoms with Crippen LogP contribution in [0.25, 0.3) is 0 Å². The first-order valence-corrected chi connectivity index (χ1v) is 8.69. The predicted molar refractivity (Wildman–Crippen MR) is 85.5 cm³/mol. The fourth-order valence-corrected chi connectivity index (χ4v) is 3.51. The number of hydrogen-bond acceptors (Lipinski definition) is 5. The molecule has 1 amide bonds. The molecule has 9 heteroatoms. The molecule has 0 saturated carbocycles. The van der Waals surface area contributed by atoms with Crippen molar-refractivity contribution in [3.05, 3.63) is 42.2 Å². The zero-order valence-electron chi connectivity index (χ0n) is 12.9. The number of para-hydroxylation sites is 2. The third-order valence-corrected chi connectivity index (χ3v) is 5.00. The maximum Gasteiger partial charge on any atom is 0.265 e. The summed E-state index contributed by atoms with van der Waals surface area (Å²) in [6.45, 7) is 0.276. The van der Waals surface area contributed by atoms with Crippen molar-refractivity contribution in [2.75, 3.05) is 13.2 Å². The lowest BCUT2D eigenvalue weighted by Crippen LogP contribution is -2.40. The van der Waals surface area contributed by atoms with E-state index in [0.717, 1.165) is 0 Å². The van der Waals surface area contributed by atoms with Gasteiger partial charge in [-0.1, -0.05) is 12.1 Å². The highest BCUT2D eigenvalue weighted by atomic mass is 32.2. The van der Waals surface area contributed by atoms with E-state index < -0.39 is 22.0 Å². The van der Waals surface area contributed by atoms with Crippen molar-refractivity contribution in [2.45, 2.75) is 11.0 Å². The zero-order valence-corrected chi connectivity index (χ0v) is 13.7. The summed E-state index contributed by atoms with van der Waals surface area (Å²) in [5.41, 5.74) is 5.31. The highest BCUT2D eigenvalue weighted by molar-refractivity contribution is 7.89. The van der Waals surface area contributed by atoms with Crippen LogP contribution in [0.15, 0.2) is 41.4 Å². The van der Waals surface area contributed by atoms with E-state index in [1.165, 1.54) is 16.8 Å². The van der Waals surface area contributed by atoms with Crippen molar-refractivity contribution in [1.82, 2.24) is 9.29 Å². The van der Waals surface area contributed by atoms with E-state index in [4.69, 9.17) is 15.2 Å². The molecule has 0 aliphatic carbocycles. The number of nitrogens with zero attached hydrogens (tertiary/aromatic N) is 1. The van der Waals surface area contributed by atoms with Gasteiger partial charge in [0.25, 0.3) is 5.91 Å². The predicted octanol–water partition coefficient (Wildman–Crippen LogP) is 0.242. The van der Waals surface area contributed by atoms with E-state index in [2.05, 4.69) is 4.72 Å². The van der Waals surface area contributed by atoms with Crippen molar-refractivity contribution in [3.63, 3.8) is 0 Å². The van der Waals surface area contributed by atoms with Gasteiger partial charge in [0, 0.05) is 13.2 Å². The molecule has 2 aromatic rings. The SMILES string of the molecule is Cn1cc(S(=O)(=O)NCC2COc3ccccc3O2)cc1C(N)=O. The average molecular weight is 351 g/mol. The second-order valence-electron chi connectivity index (χ2n) is 5.39.